The van der Waals surface area contributed by atoms with E-state index in [1.54, 1.807) is 18.2 Å². The van der Waals surface area contributed by atoms with Crippen molar-refractivity contribution in [3.05, 3.63) is 45.2 Å². The van der Waals surface area contributed by atoms with Gasteiger partial charge >= 0.3 is 0 Å². The maximum atomic E-state index is 12.3. The van der Waals surface area contributed by atoms with Gasteiger partial charge in [-0.15, -0.1) is 0 Å². The van der Waals surface area contributed by atoms with Crippen molar-refractivity contribution in [1.82, 2.24) is 14.2 Å². The third kappa shape index (κ3) is 4.10. The molecule has 7 nitrogen and oxygen atoms in total. The van der Waals surface area contributed by atoms with E-state index in [0.717, 1.165) is 5.39 Å². The zero-order valence-corrected chi connectivity index (χ0v) is 16.2. The van der Waals surface area contributed by atoms with E-state index in [2.05, 4.69) is 4.98 Å². The molecule has 1 fully saturated rings. The molecule has 0 unspecified atom stereocenters. The summed E-state index contributed by atoms with van der Waals surface area (Å²) >= 11 is 5.94. The fourth-order valence-corrected chi connectivity index (χ4v) is 4.57. The molecular weight excluding hydrogens is 378 g/mol. The molecule has 0 amide bonds. The maximum absolute atomic E-state index is 12.3. The first-order valence-electron chi connectivity index (χ1n) is 8.28. The number of rotatable bonds is 5. The maximum Gasteiger partial charge on any atom is 0.252 e. The van der Waals surface area contributed by atoms with Crippen LogP contribution in [0.1, 0.15) is 5.56 Å². The van der Waals surface area contributed by atoms with E-state index < -0.39 is 16.1 Å². The van der Waals surface area contributed by atoms with Crippen LogP contribution in [0.3, 0.4) is 0 Å². The van der Waals surface area contributed by atoms with Crippen LogP contribution in [0.15, 0.2) is 29.1 Å². The van der Waals surface area contributed by atoms with Crippen LogP contribution in [-0.2, 0) is 16.6 Å². The van der Waals surface area contributed by atoms with Gasteiger partial charge in [-0.2, -0.15) is 0 Å². The molecule has 3 rings (SSSR count). The molecule has 0 spiro atoms. The van der Waals surface area contributed by atoms with Crippen molar-refractivity contribution in [2.24, 2.45) is 5.92 Å². The number of H-pyrrole nitrogens is 1. The molecule has 2 atom stereocenters. The van der Waals surface area contributed by atoms with E-state index in [1.807, 2.05) is 11.0 Å². The van der Waals surface area contributed by atoms with Gasteiger partial charge in [-0.3, -0.25) is 9.69 Å². The Morgan fingerprint density at radius 2 is 2.04 bits per heavy atom. The summed E-state index contributed by atoms with van der Waals surface area (Å²) in [6.07, 6.45) is -0.733. The Labute approximate surface area is 157 Å². The van der Waals surface area contributed by atoms with E-state index >= 15 is 0 Å². The number of aliphatic hydroxyl groups is 1. The minimum Gasteiger partial charge on any atom is -0.391 e. The quantitative estimate of drug-likeness (QED) is 0.778. The number of aromatic nitrogens is 1. The van der Waals surface area contributed by atoms with Gasteiger partial charge in [0, 0.05) is 55.8 Å². The standard InChI is InChI=1S/C17H22ClN3O4S/c1-20(2)26(24,25)10-13-8-21(9-16(13)22)7-12-5-11-3-4-14(18)6-15(11)19-17(12)23/h3-6,13,16,22H,7-10H2,1-2H3,(H,19,23)/t13-,16+/m0/s1. The highest BCUT2D eigenvalue weighted by molar-refractivity contribution is 7.89. The molecule has 2 heterocycles. The first kappa shape index (κ1) is 19.3. The summed E-state index contributed by atoms with van der Waals surface area (Å²) in [5.41, 5.74) is 1.03. The van der Waals surface area contributed by atoms with Crippen molar-refractivity contribution < 1.29 is 13.5 Å². The molecule has 1 aliphatic heterocycles. The second-order valence-corrected chi connectivity index (χ2v) is 9.60. The Morgan fingerprint density at radius 1 is 1.31 bits per heavy atom. The van der Waals surface area contributed by atoms with E-state index in [4.69, 9.17) is 11.6 Å². The Kier molecular flexibility index (Phi) is 5.41. The summed E-state index contributed by atoms with van der Waals surface area (Å²) in [7, 11) is -0.423. The summed E-state index contributed by atoms with van der Waals surface area (Å²) in [5.74, 6) is -0.481. The van der Waals surface area contributed by atoms with E-state index in [0.29, 0.717) is 35.7 Å². The zero-order valence-electron chi connectivity index (χ0n) is 14.6. The van der Waals surface area contributed by atoms with Gasteiger partial charge in [-0.25, -0.2) is 12.7 Å². The van der Waals surface area contributed by atoms with Gasteiger partial charge in [0.05, 0.1) is 11.9 Å². The summed E-state index contributed by atoms with van der Waals surface area (Å²) in [6.45, 7) is 1.11. The highest BCUT2D eigenvalue weighted by Crippen LogP contribution is 2.22. The molecule has 9 heteroatoms. The molecule has 0 saturated carbocycles. The zero-order chi connectivity index (χ0) is 19.1. The number of benzene rings is 1. The Morgan fingerprint density at radius 3 is 2.73 bits per heavy atom. The van der Waals surface area contributed by atoms with Crippen LogP contribution in [0.5, 0.6) is 0 Å². The lowest BCUT2D eigenvalue weighted by Crippen LogP contribution is -2.33. The number of sulfonamides is 1. The van der Waals surface area contributed by atoms with Crippen molar-refractivity contribution >= 4 is 32.5 Å². The van der Waals surface area contributed by atoms with Gasteiger partial charge in [-0.1, -0.05) is 17.7 Å². The topological polar surface area (TPSA) is 93.7 Å². The normalized spacial score (nSPS) is 21.7. The number of hydrogen-bond acceptors (Lipinski definition) is 5. The van der Waals surface area contributed by atoms with E-state index in [-0.39, 0.29) is 17.2 Å². The number of halogens is 1. The summed E-state index contributed by atoms with van der Waals surface area (Å²) < 4.78 is 25.3. The van der Waals surface area contributed by atoms with Gasteiger partial charge < -0.3 is 10.1 Å². The Balaban J connectivity index is 1.76. The van der Waals surface area contributed by atoms with Crippen molar-refractivity contribution in [1.29, 1.82) is 0 Å². The van der Waals surface area contributed by atoms with Crippen molar-refractivity contribution in [3.8, 4) is 0 Å². The smallest absolute Gasteiger partial charge is 0.252 e. The van der Waals surface area contributed by atoms with Crippen LogP contribution in [0.25, 0.3) is 10.9 Å². The van der Waals surface area contributed by atoms with Crippen LogP contribution >= 0.6 is 11.6 Å². The van der Waals surface area contributed by atoms with Gasteiger partial charge in [0.25, 0.3) is 5.56 Å². The van der Waals surface area contributed by atoms with Gasteiger partial charge in [0.2, 0.25) is 10.0 Å². The molecule has 0 radical (unpaired) electrons. The summed E-state index contributed by atoms with van der Waals surface area (Å²) in [4.78, 5) is 17.0. The second-order valence-electron chi connectivity index (χ2n) is 6.94. The van der Waals surface area contributed by atoms with E-state index in [9.17, 15) is 18.3 Å². The van der Waals surface area contributed by atoms with Crippen LogP contribution in [-0.4, -0.2) is 66.8 Å². The average molecular weight is 400 g/mol. The highest BCUT2D eigenvalue weighted by Gasteiger charge is 2.35. The molecule has 1 saturated heterocycles. The number of fused-ring (bicyclic) bond motifs is 1. The molecular formula is C17H22ClN3O4S. The number of pyridine rings is 1. The molecule has 26 heavy (non-hydrogen) atoms. The lowest BCUT2D eigenvalue weighted by Gasteiger charge is -2.18. The number of likely N-dealkylation sites (tertiary alicyclic amines) is 1. The summed E-state index contributed by atoms with van der Waals surface area (Å²) in [6, 6.07) is 7.10. The molecule has 0 aliphatic carbocycles. The Hall–Kier alpha value is -1.45. The van der Waals surface area contributed by atoms with Crippen LogP contribution in [0.4, 0.5) is 0 Å². The van der Waals surface area contributed by atoms with Crippen molar-refractivity contribution in [3.63, 3.8) is 0 Å². The number of aliphatic hydroxyl groups excluding tert-OH is 1. The number of aromatic amines is 1. The van der Waals surface area contributed by atoms with Crippen LogP contribution in [0.2, 0.25) is 5.02 Å². The molecule has 1 aliphatic rings. The Bertz CT molecular complexity index is 974. The first-order valence-corrected chi connectivity index (χ1v) is 10.3. The molecule has 0 bridgehead atoms. The predicted octanol–water partition coefficient (Wildman–Crippen LogP) is 0.866. The predicted molar refractivity (Wildman–Crippen MR) is 102 cm³/mol. The molecule has 2 aromatic rings. The largest absolute Gasteiger partial charge is 0.391 e. The number of nitrogens with one attached hydrogen (secondary N) is 1. The van der Waals surface area contributed by atoms with E-state index in [1.165, 1.54) is 18.4 Å². The number of nitrogens with zero attached hydrogens (tertiary/aromatic N) is 2. The minimum absolute atomic E-state index is 0.107. The lowest BCUT2D eigenvalue weighted by atomic mass is 10.1. The van der Waals surface area contributed by atoms with Crippen molar-refractivity contribution in [2.75, 3.05) is 32.9 Å². The second kappa shape index (κ2) is 7.28. The highest BCUT2D eigenvalue weighted by atomic mass is 35.5. The van der Waals surface area contributed by atoms with Gasteiger partial charge in [0.1, 0.15) is 0 Å². The molecule has 1 aromatic heterocycles. The fourth-order valence-electron chi connectivity index (χ4n) is 3.23. The van der Waals surface area contributed by atoms with Crippen molar-refractivity contribution in [2.45, 2.75) is 12.6 Å². The third-order valence-corrected chi connectivity index (χ3v) is 6.94. The minimum atomic E-state index is -3.39. The first-order chi connectivity index (χ1) is 12.2. The monoisotopic (exact) mass is 399 g/mol. The van der Waals surface area contributed by atoms with Crippen LogP contribution in [0, 0.1) is 5.92 Å². The number of hydrogen-bond donors (Lipinski definition) is 2. The van der Waals surface area contributed by atoms with Gasteiger partial charge in [0.15, 0.2) is 0 Å². The third-order valence-electron chi connectivity index (χ3n) is 4.74. The summed E-state index contributed by atoms with van der Waals surface area (Å²) in [5, 5.41) is 11.6. The number of β-amino-alcohol motifs (C(OH)–C–C–N with tert-alkyl or cyclic N) is 1. The SMILES string of the molecule is CN(C)S(=O)(=O)C[C@@H]1CN(Cc2cc3ccc(Cl)cc3[nH]c2=O)C[C@H]1O. The molecule has 142 valence electrons. The fraction of sp³-hybridized carbons (Fsp3) is 0.471. The lowest BCUT2D eigenvalue weighted by molar-refractivity contribution is 0.148. The van der Waals surface area contributed by atoms with Crippen LogP contribution < -0.4 is 5.56 Å². The molecule has 1 aromatic carbocycles. The molecule has 2 N–H and O–H groups in total. The average Bonchev–Trinajstić information content (AvgIpc) is 2.87. The van der Waals surface area contributed by atoms with Gasteiger partial charge in [-0.05, 0) is 23.6 Å².